The summed E-state index contributed by atoms with van der Waals surface area (Å²) in [6, 6.07) is 0.174. The molecule has 0 saturated carbocycles. The van der Waals surface area contributed by atoms with Crippen LogP contribution >= 0.6 is 0 Å². The molecule has 0 spiro atoms. The van der Waals surface area contributed by atoms with E-state index in [0.29, 0.717) is 12.0 Å². The van der Waals surface area contributed by atoms with Gasteiger partial charge in [0.1, 0.15) is 0 Å². The maximum Gasteiger partial charge on any atom is 0.0738 e. The number of rotatable bonds is 2. The van der Waals surface area contributed by atoms with Crippen molar-refractivity contribution < 1.29 is 4.74 Å². The van der Waals surface area contributed by atoms with Crippen LogP contribution in [-0.4, -0.2) is 25.8 Å². The van der Waals surface area contributed by atoms with Gasteiger partial charge in [-0.1, -0.05) is 5.92 Å². The maximum atomic E-state index is 5.41. The predicted octanol–water partition coefficient (Wildman–Crippen LogP) is 0.633. The molecular formula is C9H15NO. The molecular weight excluding hydrogens is 138 g/mol. The summed E-state index contributed by atoms with van der Waals surface area (Å²) in [4.78, 5) is 0. The molecule has 62 valence electrons. The Kier molecular flexibility index (Phi) is 2.92. The van der Waals surface area contributed by atoms with E-state index < -0.39 is 0 Å². The van der Waals surface area contributed by atoms with Crippen LogP contribution < -0.4 is 5.32 Å². The highest BCUT2D eigenvalue weighted by Crippen LogP contribution is 2.23. The largest absolute Gasteiger partial charge is 0.378 e. The van der Waals surface area contributed by atoms with E-state index in [2.05, 4.69) is 18.2 Å². The summed E-state index contributed by atoms with van der Waals surface area (Å²) >= 11 is 0. The standard InChI is InChI=1S/C9H15NO/c1-4-9(10-3)8-5-6-11-7(8)2/h1,7-10H,5-6H2,2-3H3. The van der Waals surface area contributed by atoms with Crippen molar-refractivity contribution in [3.8, 4) is 12.3 Å². The lowest BCUT2D eigenvalue weighted by Gasteiger charge is -2.20. The minimum absolute atomic E-state index is 0.174. The Morgan fingerprint density at radius 2 is 2.45 bits per heavy atom. The van der Waals surface area contributed by atoms with Gasteiger partial charge in [0.05, 0.1) is 12.1 Å². The third kappa shape index (κ3) is 1.74. The van der Waals surface area contributed by atoms with Gasteiger partial charge in [-0.3, -0.25) is 0 Å². The van der Waals surface area contributed by atoms with E-state index in [1.54, 1.807) is 0 Å². The monoisotopic (exact) mass is 153 g/mol. The van der Waals surface area contributed by atoms with Gasteiger partial charge in [0.15, 0.2) is 0 Å². The normalized spacial score (nSPS) is 33.2. The molecule has 1 aliphatic rings. The smallest absolute Gasteiger partial charge is 0.0738 e. The van der Waals surface area contributed by atoms with Crippen LogP contribution in [0.3, 0.4) is 0 Å². The van der Waals surface area contributed by atoms with Gasteiger partial charge in [-0.15, -0.1) is 6.42 Å². The van der Waals surface area contributed by atoms with Crippen LogP contribution in [0, 0.1) is 18.3 Å². The molecule has 1 aliphatic heterocycles. The zero-order valence-electron chi connectivity index (χ0n) is 7.13. The van der Waals surface area contributed by atoms with Crippen LogP contribution in [0.15, 0.2) is 0 Å². The van der Waals surface area contributed by atoms with E-state index in [1.165, 1.54) is 0 Å². The third-order valence-corrected chi connectivity index (χ3v) is 2.35. The number of ether oxygens (including phenoxy) is 1. The van der Waals surface area contributed by atoms with E-state index in [-0.39, 0.29) is 6.04 Å². The first-order valence-corrected chi connectivity index (χ1v) is 4.04. The Labute approximate surface area is 68.3 Å². The van der Waals surface area contributed by atoms with Crippen molar-refractivity contribution in [3.63, 3.8) is 0 Å². The average molecular weight is 153 g/mol. The molecule has 3 unspecified atom stereocenters. The molecule has 0 aliphatic carbocycles. The Morgan fingerprint density at radius 1 is 1.73 bits per heavy atom. The lowest BCUT2D eigenvalue weighted by atomic mass is 9.94. The van der Waals surface area contributed by atoms with Gasteiger partial charge in [0.25, 0.3) is 0 Å². The molecule has 0 bridgehead atoms. The summed E-state index contributed by atoms with van der Waals surface area (Å²) in [5.41, 5.74) is 0. The second-order valence-corrected chi connectivity index (χ2v) is 2.96. The first-order valence-electron chi connectivity index (χ1n) is 4.04. The van der Waals surface area contributed by atoms with Gasteiger partial charge in [0.2, 0.25) is 0 Å². The number of terminal acetylenes is 1. The van der Waals surface area contributed by atoms with Gasteiger partial charge in [-0.05, 0) is 20.4 Å². The van der Waals surface area contributed by atoms with E-state index in [1.807, 2.05) is 7.05 Å². The van der Waals surface area contributed by atoms with Gasteiger partial charge in [-0.2, -0.15) is 0 Å². The van der Waals surface area contributed by atoms with Gasteiger partial charge < -0.3 is 10.1 Å². The van der Waals surface area contributed by atoms with Crippen LogP contribution in [0.25, 0.3) is 0 Å². The molecule has 1 heterocycles. The molecule has 1 saturated heterocycles. The van der Waals surface area contributed by atoms with Crippen molar-refractivity contribution in [2.45, 2.75) is 25.5 Å². The van der Waals surface area contributed by atoms with Crippen LogP contribution in [0.4, 0.5) is 0 Å². The predicted molar refractivity (Wildman–Crippen MR) is 45.2 cm³/mol. The molecule has 2 nitrogen and oxygen atoms in total. The van der Waals surface area contributed by atoms with Crippen molar-refractivity contribution in [1.29, 1.82) is 0 Å². The van der Waals surface area contributed by atoms with E-state index in [4.69, 9.17) is 11.2 Å². The van der Waals surface area contributed by atoms with Gasteiger partial charge in [-0.25, -0.2) is 0 Å². The second-order valence-electron chi connectivity index (χ2n) is 2.96. The minimum Gasteiger partial charge on any atom is -0.378 e. The topological polar surface area (TPSA) is 21.3 Å². The Balaban J connectivity index is 2.51. The Hall–Kier alpha value is -0.520. The van der Waals surface area contributed by atoms with Gasteiger partial charge in [0, 0.05) is 12.5 Å². The molecule has 0 aromatic rings. The summed E-state index contributed by atoms with van der Waals surface area (Å²) in [5.74, 6) is 3.22. The maximum absolute atomic E-state index is 5.41. The minimum atomic E-state index is 0.174. The van der Waals surface area contributed by atoms with Crippen LogP contribution in [0.2, 0.25) is 0 Å². The fraction of sp³-hybridized carbons (Fsp3) is 0.778. The molecule has 2 heteroatoms. The highest BCUT2D eigenvalue weighted by atomic mass is 16.5. The van der Waals surface area contributed by atoms with Crippen molar-refractivity contribution in [2.75, 3.05) is 13.7 Å². The van der Waals surface area contributed by atoms with Crippen molar-refractivity contribution in [2.24, 2.45) is 5.92 Å². The SMILES string of the molecule is C#CC(NC)C1CCOC1C. The molecule has 0 aromatic carbocycles. The molecule has 1 fully saturated rings. The zero-order chi connectivity index (χ0) is 8.27. The molecule has 1 rings (SSSR count). The van der Waals surface area contributed by atoms with Gasteiger partial charge >= 0.3 is 0 Å². The lowest BCUT2D eigenvalue weighted by Crippen LogP contribution is -2.35. The van der Waals surface area contributed by atoms with Crippen molar-refractivity contribution in [3.05, 3.63) is 0 Å². The quantitative estimate of drug-likeness (QED) is 0.588. The summed E-state index contributed by atoms with van der Waals surface area (Å²) in [5, 5.41) is 3.11. The summed E-state index contributed by atoms with van der Waals surface area (Å²) in [7, 11) is 1.90. The summed E-state index contributed by atoms with van der Waals surface area (Å²) in [6.07, 6.45) is 6.75. The van der Waals surface area contributed by atoms with E-state index in [0.717, 1.165) is 13.0 Å². The summed E-state index contributed by atoms with van der Waals surface area (Å²) < 4.78 is 5.41. The highest BCUT2D eigenvalue weighted by Gasteiger charge is 2.29. The molecule has 0 aromatic heterocycles. The molecule has 3 atom stereocenters. The molecule has 0 amide bonds. The van der Waals surface area contributed by atoms with E-state index in [9.17, 15) is 0 Å². The van der Waals surface area contributed by atoms with Crippen molar-refractivity contribution >= 4 is 0 Å². The van der Waals surface area contributed by atoms with Crippen molar-refractivity contribution in [1.82, 2.24) is 5.32 Å². The van der Waals surface area contributed by atoms with Crippen LogP contribution in [0.5, 0.6) is 0 Å². The average Bonchev–Trinajstić information content (AvgIpc) is 2.40. The Bertz CT molecular complexity index is 161. The highest BCUT2D eigenvalue weighted by molar-refractivity contribution is 5.04. The third-order valence-electron chi connectivity index (χ3n) is 2.35. The lowest BCUT2D eigenvalue weighted by molar-refractivity contribution is 0.101. The summed E-state index contributed by atoms with van der Waals surface area (Å²) in [6.45, 7) is 2.94. The number of hydrogen-bond acceptors (Lipinski definition) is 2. The Morgan fingerprint density at radius 3 is 2.82 bits per heavy atom. The number of hydrogen-bond donors (Lipinski definition) is 1. The first-order chi connectivity index (χ1) is 5.29. The first kappa shape index (κ1) is 8.58. The molecule has 1 N–H and O–H groups in total. The van der Waals surface area contributed by atoms with Crippen LogP contribution in [-0.2, 0) is 4.74 Å². The zero-order valence-corrected chi connectivity index (χ0v) is 7.13. The van der Waals surface area contributed by atoms with Crippen LogP contribution in [0.1, 0.15) is 13.3 Å². The fourth-order valence-electron chi connectivity index (χ4n) is 1.61. The fourth-order valence-corrected chi connectivity index (χ4v) is 1.61. The molecule has 0 radical (unpaired) electrons. The second kappa shape index (κ2) is 3.75. The number of nitrogens with one attached hydrogen (secondary N) is 1. The molecule has 11 heavy (non-hydrogen) atoms. The van der Waals surface area contributed by atoms with E-state index >= 15 is 0 Å².